The molecule has 4 heteroatoms. The first-order chi connectivity index (χ1) is 9.77. The lowest BCUT2D eigenvalue weighted by Gasteiger charge is -2.16. The van der Waals surface area contributed by atoms with Gasteiger partial charge in [0, 0.05) is 11.2 Å². The van der Waals surface area contributed by atoms with E-state index in [-0.39, 0.29) is 6.04 Å². The zero-order valence-electron chi connectivity index (χ0n) is 10.8. The minimum absolute atomic E-state index is 0.314. The highest BCUT2D eigenvalue weighted by Crippen LogP contribution is 2.27. The van der Waals surface area contributed by atoms with Crippen molar-refractivity contribution in [1.29, 1.82) is 0 Å². The first-order valence-electron chi connectivity index (χ1n) is 6.37. The number of halogens is 1. The maximum absolute atomic E-state index is 6.35. The molecule has 2 aromatic carbocycles. The first kappa shape index (κ1) is 12.9. The Hall–Kier alpha value is -2.10. The summed E-state index contributed by atoms with van der Waals surface area (Å²) in [6.45, 7) is 0. The second kappa shape index (κ2) is 5.49. The van der Waals surface area contributed by atoms with Crippen molar-refractivity contribution in [3.8, 4) is 5.69 Å². The normalized spacial score (nSPS) is 12.3. The quantitative estimate of drug-likeness (QED) is 0.798. The minimum atomic E-state index is -0.314. The Kier molecular flexibility index (Phi) is 3.54. The van der Waals surface area contributed by atoms with E-state index in [1.807, 2.05) is 65.3 Å². The molecular formula is C16H14ClN3. The molecule has 0 aliphatic carbocycles. The topological polar surface area (TPSA) is 43.8 Å². The van der Waals surface area contributed by atoms with Crippen molar-refractivity contribution in [1.82, 2.24) is 9.78 Å². The molecule has 20 heavy (non-hydrogen) atoms. The molecule has 1 unspecified atom stereocenters. The van der Waals surface area contributed by atoms with Crippen LogP contribution in [0.5, 0.6) is 0 Å². The Labute approximate surface area is 122 Å². The number of nitrogens with zero attached hydrogens (tertiary/aromatic N) is 2. The molecule has 3 aromatic rings. The Morgan fingerprint density at radius 3 is 2.40 bits per heavy atom. The van der Waals surface area contributed by atoms with Crippen LogP contribution >= 0.6 is 11.6 Å². The van der Waals surface area contributed by atoms with Gasteiger partial charge in [0.05, 0.1) is 17.4 Å². The van der Waals surface area contributed by atoms with Gasteiger partial charge in [0.2, 0.25) is 0 Å². The molecule has 0 fully saturated rings. The van der Waals surface area contributed by atoms with E-state index in [4.69, 9.17) is 17.3 Å². The van der Waals surface area contributed by atoms with Gasteiger partial charge in [0.25, 0.3) is 0 Å². The van der Waals surface area contributed by atoms with Crippen LogP contribution in [0.4, 0.5) is 0 Å². The maximum atomic E-state index is 6.35. The fourth-order valence-electron chi connectivity index (χ4n) is 2.22. The lowest BCUT2D eigenvalue weighted by molar-refractivity contribution is 0.739. The molecule has 0 bridgehead atoms. The molecule has 0 amide bonds. The van der Waals surface area contributed by atoms with Crippen molar-refractivity contribution >= 4 is 11.6 Å². The monoisotopic (exact) mass is 283 g/mol. The van der Waals surface area contributed by atoms with E-state index < -0.39 is 0 Å². The number of nitrogens with two attached hydrogens (primary N) is 1. The van der Waals surface area contributed by atoms with Gasteiger partial charge < -0.3 is 5.73 Å². The molecule has 0 spiro atoms. The van der Waals surface area contributed by atoms with Crippen molar-refractivity contribution in [3.05, 3.63) is 83.1 Å². The third-order valence-electron chi connectivity index (χ3n) is 3.23. The third-order valence-corrected chi connectivity index (χ3v) is 3.58. The van der Waals surface area contributed by atoms with Crippen LogP contribution in [0.25, 0.3) is 5.69 Å². The highest BCUT2D eigenvalue weighted by atomic mass is 35.5. The van der Waals surface area contributed by atoms with E-state index in [9.17, 15) is 0 Å². The molecule has 1 aromatic heterocycles. The fourth-order valence-corrected chi connectivity index (χ4v) is 2.47. The van der Waals surface area contributed by atoms with Crippen LogP contribution in [-0.2, 0) is 0 Å². The summed E-state index contributed by atoms with van der Waals surface area (Å²) in [5.74, 6) is 0. The van der Waals surface area contributed by atoms with Gasteiger partial charge in [-0.25, -0.2) is 4.68 Å². The molecule has 1 heterocycles. The predicted octanol–water partition coefficient (Wildman–Crippen LogP) is 3.57. The fraction of sp³-hybridized carbons (Fsp3) is 0.0625. The van der Waals surface area contributed by atoms with Gasteiger partial charge in [0.1, 0.15) is 0 Å². The molecule has 0 aliphatic rings. The van der Waals surface area contributed by atoms with Gasteiger partial charge in [-0.3, -0.25) is 0 Å². The zero-order chi connectivity index (χ0) is 13.9. The van der Waals surface area contributed by atoms with E-state index in [0.29, 0.717) is 5.02 Å². The number of rotatable bonds is 3. The van der Waals surface area contributed by atoms with Crippen LogP contribution in [0.2, 0.25) is 5.02 Å². The van der Waals surface area contributed by atoms with Crippen molar-refractivity contribution < 1.29 is 0 Å². The second-order valence-electron chi connectivity index (χ2n) is 4.50. The molecule has 1 atom stereocenters. The van der Waals surface area contributed by atoms with Crippen LogP contribution in [0, 0.1) is 0 Å². The van der Waals surface area contributed by atoms with Gasteiger partial charge in [0.15, 0.2) is 0 Å². The summed E-state index contributed by atoms with van der Waals surface area (Å²) in [4.78, 5) is 0. The third kappa shape index (κ3) is 2.33. The van der Waals surface area contributed by atoms with Crippen LogP contribution in [-0.4, -0.2) is 9.78 Å². The summed E-state index contributed by atoms with van der Waals surface area (Å²) in [5, 5.41) is 5.02. The summed E-state index contributed by atoms with van der Waals surface area (Å²) in [5.41, 5.74) is 9.14. The van der Waals surface area contributed by atoms with Gasteiger partial charge in [-0.15, -0.1) is 0 Å². The number of para-hydroxylation sites is 1. The van der Waals surface area contributed by atoms with Gasteiger partial charge in [-0.05, 0) is 29.8 Å². The minimum Gasteiger partial charge on any atom is -0.319 e. The molecule has 2 N–H and O–H groups in total. The van der Waals surface area contributed by atoms with Crippen LogP contribution in [0.3, 0.4) is 0 Å². The first-order valence-corrected chi connectivity index (χ1v) is 6.74. The van der Waals surface area contributed by atoms with E-state index in [2.05, 4.69) is 5.10 Å². The lowest BCUT2D eigenvalue weighted by Crippen LogP contribution is -2.17. The smallest absolute Gasteiger partial charge is 0.0742 e. The number of benzene rings is 2. The molecule has 3 nitrogen and oxygen atoms in total. The molecule has 0 radical (unpaired) electrons. The van der Waals surface area contributed by atoms with Crippen LogP contribution in [0.15, 0.2) is 66.9 Å². The van der Waals surface area contributed by atoms with Gasteiger partial charge in [-0.2, -0.15) is 5.10 Å². The average Bonchev–Trinajstić information content (AvgIpc) is 2.97. The zero-order valence-corrected chi connectivity index (χ0v) is 11.5. The van der Waals surface area contributed by atoms with Crippen molar-refractivity contribution in [2.45, 2.75) is 6.04 Å². The standard InChI is InChI=1S/C16H14ClN3/c17-14-9-5-4-8-13(14)16(18)15-10-11-19-20(15)12-6-2-1-3-7-12/h1-11,16H,18H2. The predicted molar refractivity (Wildman–Crippen MR) is 81.0 cm³/mol. The Balaban J connectivity index is 2.04. The summed E-state index contributed by atoms with van der Waals surface area (Å²) in [6, 6.07) is 19.1. The van der Waals surface area contributed by atoms with E-state index in [1.165, 1.54) is 0 Å². The highest BCUT2D eigenvalue weighted by Gasteiger charge is 2.17. The summed E-state index contributed by atoms with van der Waals surface area (Å²) in [6.07, 6.45) is 1.75. The summed E-state index contributed by atoms with van der Waals surface area (Å²) >= 11 is 6.22. The Morgan fingerprint density at radius 1 is 0.950 bits per heavy atom. The van der Waals surface area contributed by atoms with Gasteiger partial charge >= 0.3 is 0 Å². The molecule has 0 saturated carbocycles. The average molecular weight is 284 g/mol. The molecular weight excluding hydrogens is 270 g/mol. The molecule has 100 valence electrons. The Bertz CT molecular complexity index is 707. The van der Waals surface area contributed by atoms with E-state index >= 15 is 0 Å². The van der Waals surface area contributed by atoms with Crippen LogP contribution < -0.4 is 5.73 Å². The van der Waals surface area contributed by atoms with Crippen molar-refractivity contribution in [2.24, 2.45) is 5.73 Å². The highest BCUT2D eigenvalue weighted by molar-refractivity contribution is 6.31. The van der Waals surface area contributed by atoms with Crippen molar-refractivity contribution in [3.63, 3.8) is 0 Å². The number of aromatic nitrogens is 2. The van der Waals surface area contributed by atoms with E-state index in [0.717, 1.165) is 16.9 Å². The van der Waals surface area contributed by atoms with Crippen molar-refractivity contribution in [2.75, 3.05) is 0 Å². The summed E-state index contributed by atoms with van der Waals surface area (Å²) in [7, 11) is 0. The SMILES string of the molecule is NC(c1ccccc1Cl)c1ccnn1-c1ccccc1. The molecule has 3 rings (SSSR count). The molecule has 0 aliphatic heterocycles. The largest absolute Gasteiger partial charge is 0.319 e. The second-order valence-corrected chi connectivity index (χ2v) is 4.91. The van der Waals surface area contributed by atoms with Gasteiger partial charge in [-0.1, -0.05) is 48.0 Å². The maximum Gasteiger partial charge on any atom is 0.0742 e. The number of hydrogen-bond acceptors (Lipinski definition) is 2. The number of hydrogen-bond donors (Lipinski definition) is 1. The summed E-state index contributed by atoms with van der Waals surface area (Å²) < 4.78 is 1.84. The van der Waals surface area contributed by atoms with E-state index in [1.54, 1.807) is 6.20 Å². The molecule has 0 saturated heterocycles. The Morgan fingerprint density at radius 2 is 1.65 bits per heavy atom. The van der Waals surface area contributed by atoms with Crippen LogP contribution in [0.1, 0.15) is 17.3 Å². The lowest BCUT2D eigenvalue weighted by atomic mass is 10.0.